The molecule has 0 fully saturated rings. The van der Waals surface area contributed by atoms with Crippen LogP contribution in [-0.2, 0) is 11.2 Å². The van der Waals surface area contributed by atoms with Crippen LogP contribution in [0.2, 0.25) is 5.02 Å². The van der Waals surface area contributed by atoms with Crippen LogP contribution >= 0.6 is 11.6 Å². The van der Waals surface area contributed by atoms with E-state index in [9.17, 15) is 18.4 Å². The molecule has 3 aromatic rings. The van der Waals surface area contributed by atoms with Crippen molar-refractivity contribution >= 4 is 23.4 Å². The van der Waals surface area contributed by atoms with E-state index in [1.807, 2.05) is 0 Å². The smallest absolute Gasteiger partial charge is 0.307 e. The lowest BCUT2D eigenvalue weighted by molar-refractivity contribution is -0.136. The van der Waals surface area contributed by atoms with Crippen LogP contribution in [0, 0.1) is 11.6 Å². The molecule has 3 aromatic carbocycles. The SMILES string of the molecule is O=C(O)Cc1cc(Cl)cc(Oc2cc(F)c(C(=O)c3ccccc3)c(F)c2)c1. The molecule has 4 nitrogen and oxygen atoms in total. The van der Waals surface area contributed by atoms with Gasteiger partial charge in [-0.1, -0.05) is 41.9 Å². The second-order valence-corrected chi connectivity index (χ2v) is 6.36. The molecule has 7 heteroatoms. The fourth-order valence-corrected chi connectivity index (χ4v) is 2.90. The predicted molar refractivity (Wildman–Crippen MR) is 99.1 cm³/mol. The van der Waals surface area contributed by atoms with Crippen LogP contribution in [-0.4, -0.2) is 16.9 Å². The van der Waals surface area contributed by atoms with Crippen molar-refractivity contribution in [2.75, 3.05) is 0 Å². The lowest BCUT2D eigenvalue weighted by Crippen LogP contribution is -2.08. The molecule has 0 heterocycles. The van der Waals surface area contributed by atoms with Gasteiger partial charge in [-0.15, -0.1) is 0 Å². The number of hydrogen-bond donors (Lipinski definition) is 1. The minimum atomic E-state index is -1.07. The molecular formula is C21H13ClF2O4. The molecule has 0 spiro atoms. The maximum absolute atomic E-state index is 14.4. The van der Waals surface area contributed by atoms with Gasteiger partial charge in [-0.3, -0.25) is 9.59 Å². The molecule has 28 heavy (non-hydrogen) atoms. The van der Waals surface area contributed by atoms with Gasteiger partial charge in [0.2, 0.25) is 0 Å². The normalized spacial score (nSPS) is 10.5. The molecule has 142 valence electrons. The third-order valence-corrected chi connectivity index (χ3v) is 4.02. The third-order valence-electron chi connectivity index (χ3n) is 3.80. The average molecular weight is 403 g/mol. The maximum atomic E-state index is 14.4. The van der Waals surface area contributed by atoms with E-state index in [1.54, 1.807) is 18.2 Å². The van der Waals surface area contributed by atoms with Crippen LogP contribution < -0.4 is 4.74 Å². The molecule has 0 radical (unpaired) electrons. The molecule has 3 rings (SSSR count). The van der Waals surface area contributed by atoms with Crippen molar-refractivity contribution in [1.82, 2.24) is 0 Å². The minimum absolute atomic E-state index is 0.115. The zero-order chi connectivity index (χ0) is 20.3. The lowest BCUT2D eigenvalue weighted by atomic mass is 10.0. The van der Waals surface area contributed by atoms with E-state index in [0.29, 0.717) is 5.56 Å². The summed E-state index contributed by atoms with van der Waals surface area (Å²) in [6.45, 7) is 0. The number of carboxylic acid groups (broad SMARTS) is 1. The molecule has 1 N–H and O–H groups in total. The van der Waals surface area contributed by atoms with Crippen molar-refractivity contribution in [3.63, 3.8) is 0 Å². The Morgan fingerprint density at radius 1 is 0.929 bits per heavy atom. The van der Waals surface area contributed by atoms with Gasteiger partial charge in [0, 0.05) is 22.7 Å². The summed E-state index contributed by atoms with van der Waals surface area (Å²) in [7, 11) is 0. The zero-order valence-electron chi connectivity index (χ0n) is 14.3. The van der Waals surface area contributed by atoms with Gasteiger partial charge in [-0.05, 0) is 23.8 Å². The number of hydrogen-bond acceptors (Lipinski definition) is 3. The first-order chi connectivity index (χ1) is 13.3. The highest BCUT2D eigenvalue weighted by atomic mass is 35.5. The lowest BCUT2D eigenvalue weighted by Gasteiger charge is -2.11. The first-order valence-electron chi connectivity index (χ1n) is 8.11. The van der Waals surface area contributed by atoms with Crippen LogP contribution in [0.3, 0.4) is 0 Å². The summed E-state index contributed by atoms with van der Waals surface area (Å²) in [6.07, 6.45) is -0.288. The summed E-state index contributed by atoms with van der Waals surface area (Å²) in [5, 5.41) is 9.09. The minimum Gasteiger partial charge on any atom is -0.481 e. The number of benzene rings is 3. The molecular weight excluding hydrogens is 390 g/mol. The van der Waals surface area contributed by atoms with Crippen molar-refractivity contribution in [3.8, 4) is 11.5 Å². The van der Waals surface area contributed by atoms with Gasteiger partial charge in [0.1, 0.15) is 23.1 Å². The standard InChI is InChI=1S/C21H13ClF2O4/c22-14-6-12(8-19(25)26)7-15(9-14)28-16-10-17(23)20(18(24)11-16)21(27)13-4-2-1-3-5-13/h1-7,9-11H,8H2,(H,25,26). The van der Waals surface area contributed by atoms with E-state index in [4.69, 9.17) is 21.4 Å². The Bertz CT molecular complexity index is 1030. The van der Waals surface area contributed by atoms with Gasteiger partial charge in [0.25, 0.3) is 0 Å². The number of aliphatic carboxylic acids is 1. The van der Waals surface area contributed by atoms with Crippen LogP contribution in [0.5, 0.6) is 11.5 Å². The van der Waals surface area contributed by atoms with E-state index in [1.165, 1.54) is 30.3 Å². The fourth-order valence-electron chi connectivity index (χ4n) is 2.65. The van der Waals surface area contributed by atoms with Crippen molar-refractivity contribution in [2.24, 2.45) is 0 Å². The number of ketones is 1. The molecule has 0 unspecified atom stereocenters. The monoisotopic (exact) mass is 402 g/mol. The van der Waals surface area contributed by atoms with Crippen molar-refractivity contribution < 1.29 is 28.2 Å². The highest BCUT2D eigenvalue weighted by Gasteiger charge is 2.21. The van der Waals surface area contributed by atoms with Crippen molar-refractivity contribution in [1.29, 1.82) is 0 Å². The molecule has 0 amide bonds. The Hall–Kier alpha value is -3.25. The molecule has 0 saturated heterocycles. The number of halogens is 3. The topological polar surface area (TPSA) is 63.6 Å². The van der Waals surface area contributed by atoms with Crippen LogP contribution in [0.1, 0.15) is 21.5 Å². The van der Waals surface area contributed by atoms with Crippen molar-refractivity contribution in [2.45, 2.75) is 6.42 Å². The summed E-state index contributed by atoms with van der Waals surface area (Å²) in [5.74, 6) is -4.07. The first kappa shape index (κ1) is 19.5. The molecule has 0 aliphatic rings. The molecule has 0 aromatic heterocycles. The highest BCUT2D eigenvalue weighted by molar-refractivity contribution is 6.30. The van der Waals surface area contributed by atoms with Gasteiger partial charge in [-0.2, -0.15) is 0 Å². The van der Waals surface area contributed by atoms with Gasteiger partial charge >= 0.3 is 5.97 Å². The van der Waals surface area contributed by atoms with Gasteiger partial charge in [0.05, 0.1) is 12.0 Å². The van der Waals surface area contributed by atoms with E-state index in [0.717, 1.165) is 12.1 Å². The summed E-state index contributed by atoms with van der Waals surface area (Å²) < 4.78 is 34.3. The summed E-state index contributed by atoms with van der Waals surface area (Å²) in [6, 6.07) is 13.8. The van der Waals surface area contributed by atoms with Crippen LogP contribution in [0.25, 0.3) is 0 Å². The Labute approximate surface area is 164 Å². The predicted octanol–water partition coefficient (Wildman–Crippen LogP) is 5.27. The largest absolute Gasteiger partial charge is 0.481 e. The fraction of sp³-hybridized carbons (Fsp3) is 0.0476. The molecule has 0 aliphatic heterocycles. The molecule has 0 atom stereocenters. The molecule has 0 saturated carbocycles. The number of ether oxygens (including phenoxy) is 1. The van der Waals surface area contributed by atoms with E-state index >= 15 is 0 Å². The Balaban J connectivity index is 1.90. The highest BCUT2D eigenvalue weighted by Crippen LogP contribution is 2.29. The van der Waals surface area contributed by atoms with Crippen LogP contribution in [0.4, 0.5) is 8.78 Å². The summed E-state index contributed by atoms with van der Waals surface area (Å²) in [5.41, 5.74) is -0.162. The number of rotatable bonds is 6. The number of carbonyl (C=O) groups excluding carboxylic acids is 1. The van der Waals surface area contributed by atoms with E-state index in [2.05, 4.69) is 0 Å². The number of carboxylic acids is 1. The Morgan fingerprint density at radius 3 is 2.14 bits per heavy atom. The first-order valence-corrected chi connectivity index (χ1v) is 8.49. The summed E-state index contributed by atoms with van der Waals surface area (Å²) in [4.78, 5) is 23.2. The van der Waals surface area contributed by atoms with Crippen LogP contribution in [0.15, 0.2) is 60.7 Å². The van der Waals surface area contributed by atoms with Gasteiger partial charge in [0.15, 0.2) is 5.78 Å². The average Bonchev–Trinajstić information content (AvgIpc) is 2.60. The summed E-state index contributed by atoms with van der Waals surface area (Å²) >= 11 is 5.93. The van der Waals surface area contributed by atoms with Gasteiger partial charge in [-0.25, -0.2) is 8.78 Å². The van der Waals surface area contributed by atoms with Crippen molar-refractivity contribution in [3.05, 3.63) is 94.0 Å². The Morgan fingerprint density at radius 2 is 1.54 bits per heavy atom. The van der Waals surface area contributed by atoms with E-state index < -0.39 is 29.0 Å². The third kappa shape index (κ3) is 4.53. The number of carbonyl (C=O) groups is 2. The Kier molecular flexibility index (Phi) is 5.70. The zero-order valence-corrected chi connectivity index (χ0v) is 15.0. The second-order valence-electron chi connectivity index (χ2n) is 5.92. The van der Waals surface area contributed by atoms with E-state index in [-0.39, 0.29) is 28.5 Å². The molecule has 0 bridgehead atoms. The molecule has 0 aliphatic carbocycles. The maximum Gasteiger partial charge on any atom is 0.307 e. The van der Waals surface area contributed by atoms with Gasteiger partial charge < -0.3 is 9.84 Å². The second kappa shape index (κ2) is 8.19. The quantitative estimate of drug-likeness (QED) is 0.570.